The lowest BCUT2D eigenvalue weighted by atomic mass is 10.0. The Balaban J connectivity index is 2.06. The lowest BCUT2D eigenvalue weighted by molar-refractivity contribution is 0.0526. The molecule has 3 rings (SSSR count). The van der Waals surface area contributed by atoms with Crippen LogP contribution in [0.4, 0.5) is 0 Å². The van der Waals surface area contributed by atoms with Gasteiger partial charge in [-0.1, -0.05) is 12.1 Å². The predicted molar refractivity (Wildman–Crippen MR) is 90.4 cm³/mol. The summed E-state index contributed by atoms with van der Waals surface area (Å²) in [7, 11) is 1.58. The molecule has 0 atom stereocenters. The first-order chi connectivity index (χ1) is 11.6. The molecular formula is C19H16O5. The summed E-state index contributed by atoms with van der Waals surface area (Å²) in [5.41, 5.74) is 1.74. The molecule has 0 spiro atoms. The topological polar surface area (TPSA) is 65.7 Å². The summed E-state index contributed by atoms with van der Waals surface area (Å²) in [6, 6.07) is 11.8. The summed E-state index contributed by atoms with van der Waals surface area (Å²) >= 11 is 0. The van der Waals surface area contributed by atoms with Crippen molar-refractivity contribution in [2.45, 2.75) is 6.92 Å². The molecule has 0 radical (unpaired) electrons. The minimum atomic E-state index is -0.443. The summed E-state index contributed by atoms with van der Waals surface area (Å²) in [4.78, 5) is 24.5. The molecule has 0 saturated carbocycles. The van der Waals surface area contributed by atoms with Gasteiger partial charge in [-0.3, -0.25) is 4.79 Å². The molecule has 0 aliphatic carbocycles. The Morgan fingerprint density at radius 2 is 1.88 bits per heavy atom. The first kappa shape index (κ1) is 15.8. The fourth-order valence-electron chi connectivity index (χ4n) is 2.44. The fraction of sp³-hybridized carbons (Fsp3) is 0.158. The van der Waals surface area contributed by atoms with Crippen LogP contribution in [0.25, 0.3) is 22.1 Å². The largest absolute Gasteiger partial charge is 0.497 e. The maximum absolute atomic E-state index is 12.7. The molecule has 5 heteroatoms. The van der Waals surface area contributed by atoms with Gasteiger partial charge < -0.3 is 13.9 Å². The first-order valence-corrected chi connectivity index (χ1v) is 7.51. The highest BCUT2D eigenvalue weighted by Gasteiger charge is 2.13. The summed E-state index contributed by atoms with van der Waals surface area (Å²) in [5.74, 6) is 0.268. The number of carbonyl (C=O) groups excluding carboxylic acids is 1. The third-order valence-corrected chi connectivity index (χ3v) is 3.69. The second-order valence-corrected chi connectivity index (χ2v) is 5.14. The standard InChI is InChI=1S/C19H16O5/c1-3-23-19(21)13-6-9-15-17(10-13)24-11-16(18(15)20)12-4-7-14(22-2)8-5-12/h4-11H,3H2,1-2H3. The predicted octanol–water partition coefficient (Wildman–Crippen LogP) is 3.65. The highest BCUT2D eigenvalue weighted by molar-refractivity contribution is 5.94. The molecule has 0 bridgehead atoms. The third-order valence-electron chi connectivity index (χ3n) is 3.69. The number of rotatable bonds is 4. The van der Waals surface area contributed by atoms with Gasteiger partial charge >= 0.3 is 5.97 Å². The van der Waals surface area contributed by atoms with Gasteiger partial charge in [0, 0.05) is 0 Å². The van der Waals surface area contributed by atoms with E-state index in [0.29, 0.717) is 27.8 Å². The van der Waals surface area contributed by atoms with Crippen molar-refractivity contribution in [1.29, 1.82) is 0 Å². The molecule has 0 unspecified atom stereocenters. The number of benzene rings is 2. The molecule has 122 valence electrons. The van der Waals surface area contributed by atoms with Gasteiger partial charge in [0.05, 0.1) is 30.2 Å². The van der Waals surface area contributed by atoms with Crippen molar-refractivity contribution < 1.29 is 18.7 Å². The molecule has 0 fully saturated rings. The van der Waals surface area contributed by atoms with E-state index in [1.807, 2.05) is 0 Å². The van der Waals surface area contributed by atoms with E-state index in [2.05, 4.69) is 0 Å². The number of methoxy groups -OCH3 is 1. The Bertz CT molecular complexity index is 938. The van der Waals surface area contributed by atoms with Crippen LogP contribution in [0.1, 0.15) is 17.3 Å². The Morgan fingerprint density at radius 3 is 2.54 bits per heavy atom. The normalized spacial score (nSPS) is 10.6. The van der Waals surface area contributed by atoms with E-state index in [0.717, 1.165) is 5.56 Å². The zero-order valence-corrected chi connectivity index (χ0v) is 13.4. The average molecular weight is 324 g/mol. The van der Waals surface area contributed by atoms with Crippen molar-refractivity contribution in [2.24, 2.45) is 0 Å². The van der Waals surface area contributed by atoms with Crippen LogP contribution in [0, 0.1) is 0 Å². The van der Waals surface area contributed by atoms with E-state index in [4.69, 9.17) is 13.9 Å². The van der Waals surface area contributed by atoms with Gasteiger partial charge in [0.25, 0.3) is 0 Å². The number of hydrogen-bond acceptors (Lipinski definition) is 5. The van der Waals surface area contributed by atoms with Gasteiger partial charge in [0.1, 0.15) is 17.6 Å². The Labute approximate surface area is 138 Å². The Morgan fingerprint density at radius 1 is 1.12 bits per heavy atom. The van der Waals surface area contributed by atoms with Crippen molar-refractivity contribution >= 4 is 16.9 Å². The molecule has 24 heavy (non-hydrogen) atoms. The minimum absolute atomic E-state index is 0.156. The molecule has 1 heterocycles. The summed E-state index contributed by atoms with van der Waals surface area (Å²) in [6.45, 7) is 2.03. The van der Waals surface area contributed by atoms with Gasteiger partial charge in [0.15, 0.2) is 5.43 Å². The van der Waals surface area contributed by atoms with Gasteiger partial charge in [0.2, 0.25) is 0 Å². The lowest BCUT2D eigenvalue weighted by Crippen LogP contribution is -2.07. The minimum Gasteiger partial charge on any atom is -0.497 e. The van der Waals surface area contributed by atoms with Crippen LogP contribution >= 0.6 is 0 Å². The highest BCUT2D eigenvalue weighted by Crippen LogP contribution is 2.23. The van der Waals surface area contributed by atoms with Gasteiger partial charge in [-0.2, -0.15) is 0 Å². The highest BCUT2D eigenvalue weighted by atomic mass is 16.5. The number of ether oxygens (including phenoxy) is 2. The summed E-state index contributed by atoms with van der Waals surface area (Å²) in [5, 5.41) is 0.413. The van der Waals surface area contributed by atoms with Crippen LogP contribution in [-0.4, -0.2) is 19.7 Å². The smallest absolute Gasteiger partial charge is 0.338 e. The summed E-state index contributed by atoms with van der Waals surface area (Å²) in [6.07, 6.45) is 1.40. The third kappa shape index (κ3) is 2.88. The molecule has 0 amide bonds. The SMILES string of the molecule is CCOC(=O)c1ccc2c(=O)c(-c3ccc(OC)cc3)coc2c1. The van der Waals surface area contributed by atoms with E-state index in [9.17, 15) is 9.59 Å². The molecule has 0 saturated heterocycles. The molecule has 5 nitrogen and oxygen atoms in total. The van der Waals surface area contributed by atoms with E-state index in [1.165, 1.54) is 12.3 Å². The number of hydrogen-bond donors (Lipinski definition) is 0. The van der Waals surface area contributed by atoms with Crippen molar-refractivity contribution in [2.75, 3.05) is 13.7 Å². The zero-order valence-electron chi connectivity index (χ0n) is 13.4. The maximum Gasteiger partial charge on any atom is 0.338 e. The molecule has 3 aromatic rings. The number of fused-ring (bicyclic) bond motifs is 1. The number of carbonyl (C=O) groups is 1. The van der Waals surface area contributed by atoms with E-state index in [1.54, 1.807) is 50.4 Å². The van der Waals surface area contributed by atoms with E-state index >= 15 is 0 Å². The van der Waals surface area contributed by atoms with Crippen LogP contribution in [0.2, 0.25) is 0 Å². The van der Waals surface area contributed by atoms with Crippen LogP contribution in [0.3, 0.4) is 0 Å². The monoisotopic (exact) mass is 324 g/mol. The van der Waals surface area contributed by atoms with Crippen molar-refractivity contribution in [3.63, 3.8) is 0 Å². The molecule has 1 aromatic heterocycles. The molecule has 2 aromatic carbocycles. The average Bonchev–Trinajstić information content (AvgIpc) is 2.62. The van der Waals surface area contributed by atoms with Crippen molar-refractivity contribution in [3.8, 4) is 16.9 Å². The lowest BCUT2D eigenvalue weighted by Gasteiger charge is -2.06. The van der Waals surface area contributed by atoms with Crippen molar-refractivity contribution in [3.05, 3.63) is 64.5 Å². The van der Waals surface area contributed by atoms with Crippen LogP contribution in [0.15, 0.2) is 57.9 Å². The Hall–Kier alpha value is -3.08. The van der Waals surface area contributed by atoms with Gasteiger partial charge in [-0.05, 0) is 42.8 Å². The second kappa shape index (κ2) is 6.58. The number of esters is 1. The second-order valence-electron chi connectivity index (χ2n) is 5.14. The summed E-state index contributed by atoms with van der Waals surface area (Å²) < 4.78 is 15.6. The Kier molecular flexibility index (Phi) is 4.33. The van der Waals surface area contributed by atoms with Crippen molar-refractivity contribution in [1.82, 2.24) is 0 Å². The fourth-order valence-corrected chi connectivity index (χ4v) is 2.44. The van der Waals surface area contributed by atoms with Gasteiger partial charge in [-0.15, -0.1) is 0 Å². The van der Waals surface area contributed by atoms with Crippen LogP contribution < -0.4 is 10.2 Å². The van der Waals surface area contributed by atoms with Gasteiger partial charge in [-0.25, -0.2) is 4.79 Å². The van der Waals surface area contributed by atoms with Crippen LogP contribution in [-0.2, 0) is 4.74 Å². The zero-order chi connectivity index (χ0) is 17.1. The quantitative estimate of drug-likeness (QED) is 0.685. The molecule has 0 N–H and O–H groups in total. The van der Waals surface area contributed by atoms with E-state index < -0.39 is 5.97 Å². The molecular weight excluding hydrogens is 308 g/mol. The first-order valence-electron chi connectivity index (χ1n) is 7.51. The van der Waals surface area contributed by atoms with E-state index in [-0.39, 0.29) is 12.0 Å². The molecule has 0 aliphatic rings. The maximum atomic E-state index is 12.7. The van der Waals surface area contributed by atoms with Crippen LogP contribution in [0.5, 0.6) is 5.75 Å². The molecule has 0 aliphatic heterocycles.